The Morgan fingerprint density at radius 3 is 1.19 bits per heavy atom. The van der Waals surface area contributed by atoms with Crippen LogP contribution in [0.15, 0.2) is 285 Å². The maximum Gasteiger partial charge on any atom is 0.160 e. The first kappa shape index (κ1) is 51.6. The summed E-state index contributed by atoms with van der Waals surface area (Å²) in [5.74, 6) is 0.712. The number of benzene rings is 13. The summed E-state index contributed by atoms with van der Waals surface area (Å²) in [5.41, 5.74) is 29.6. The van der Waals surface area contributed by atoms with Crippen molar-refractivity contribution in [1.29, 1.82) is 0 Å². The molecule has 4 heterocycles. The highest BCUT2D eigenvalue weighted by Crippen LogP contribution is 2.52. The lowest BCUT2D eigenvalue weighted by Crippen LogP contribution is -2.15. The number of fused-ring (bicyclic) bond motifs is 16. The van der Waals surface area contributed by atoms with Gasteiger partial charge in [-0.15, -0.1) is 0 Å². The predicted octanol–water partition coefficient (Wildman–Crippen LogP) is 22.2. The van der Waals surface area contributed by atoms with Crippen molar-refractivity contribution in [1.82, 2.24) is 23.7 Å². The molecule has 0 saturated carbocycles. The van der Waals surface area contributed by atoms with Crippen LogP contribution in [-0.4, -0.2) is 23.7 Å². The van der Waals surface area contributed by atoms with E-state index in [-0.39, 0.29) is 10.8 Å². The number of rotatable bonds is 7. The second kappa shape index (κ2) is 19.1. The number of hydrogen-bond acceptors (Lipinski definition) is 2. The van der Waals surface area contributed by atoms with E-state index in [1.807, 2.05) is 18.2 Å². The van der Waals surface area contributed by atoms with Crippen LogP contribution in [0.3, 0.4) is 0 Å². The normalized spacial score (nSPS) is 13.7. The van der Waals surface area contributed by atoms with Crippen molar-refractivity contribution in [3.63, 3.8) is 0 Å². The summed E-state index contributed by atoms with van der Waals surface area (Å²) >= 11 is 0. The Labute approximate surface area is 527 Å². The lowest BCUT2D eigenvalue weighted by molar-refractivity contribution is 0.660. The van der Waals surface area contributed by atoms with E-state index in [1.54, 1.807) is 0 Å². The third kappa shape index (κ3) is 7.52. The molecular weight excluding hydrogens is 1100 g/mol. The van der Waals surface area contributed by atoms with Crippen LogP contribution in [0.25, 0.3) is 161 Å². The number of hydrogen-bond donors (Lipinski definition) is 0. The van der Waals surface area contributed by atoms with Gasteiger partial charge >= 0.3 is 0 Å². The standard InChI is InChI=1S/C86H59N5/c1-85(2)72-25-13-8-20-61(72)63-42-38-59(50-74(63)85)90-77-28-16-11-22-65(77)70-46-54(34-44-79(70)90)56-32-40-67-68-41-33-57(49-82(68)89(81(67)48-56)58-36-30-52(31-37-58)83-69-24-10-15-27-76(69)87-84(88-83)53-18-6-5-7-19-53)55-35-45-80-71(47-55)66-23-12-17-29-78(66)91(80)60-39-43-64-62-21-9-14-26-73(62)86(3,4)75(64)51-60/h5-51H,1-4H3. The van der Waals surface area contributed by atoms with Crippen LogP contribution in [-0.2, 0) is 10.8 Å². The first-order valence-electron chi connectivity index (χ1n) is 31.7. The van der Waals surface area contributed by atoms with E-state index in [2.05, 4.69) is 308 Å². The van der Waals surface area contributed by atoms with Crippen LogP contribution in [0, 0.1) is 0 Å². The zero-order chi connectivity index (χ0) is 60.4. The summed E-state index contributed by atoms with van der Waals surface area (Å²) in [7, 11) is 0. The molecule has 428 valence electrons. The van der Waals surface area contributed by atoms with Crippen molar-refractivity contribution >= 4 is 76.3 Å². The van der Waals surface area contributed by atoms with Gasteiger partial charge < -0.3 is 13.7 Å². The molecule has 4 aromatic heterocycles. The van der Waals surface area contributed by atoms with E-state index < -0.39 is 0 Å². The van der Waals surface area contributed by atoms with Crippen molar-refractivity contribution < 1.29 is 0 Å². The summed E-state index contributed by atoms with van der Waals surface area (Å²) in [6.07, 6.45) is 0. The first-order chi connectivity index (χ1) is 44.6. The van der Waals surface area contributed by atoms with E-state index in [1.165, 1.54) is 121 Å². The van der Waals surface area contributed by atoms with Gasteiger partial charge in [0.05, 0.1) is 44.3 Å². The third-order valence-electron chi connectivity index (χ3n) is 20.5. The Balaban J connectivity index is 0.767. The molecule has 5 nitrogen and oxygen atoms in total. The third-order valence-corrected chi connectivity index (χ3v) is 20.5. The summed E-state index contributed by atoms with van der Waals surface area (Å²) in [5, 5.41) is 8.34. The fourth-order valence-corrected chi connectivity index (χ4v) is 16.0. The quantitative estimate of drug-likeness (QED) is 0.160. The van der Waals surface area contributed by atoms with Crippen molar-refractivity contribution in [2.24, 2.45) is 0 Å². The van der Waals surface area contributed by atoms with Gasteiger partial charge in [-0.3, -0.25) is 0 Å². The molecule has 5 heteroatoms. The molecule has 0 saturated heterocycles. The Bertz CT molecular complexity index is 5670. The lowest BCUT2D eigenvalue weighted by Gasteiger charge is -2.22. The minimum Gasteiger partial charge on any atom is -0.309 e. The molecule has 2 aliphatic rings. The van der Waals surface area contributed by atoms with Gasteiger partial charge in [0, 0.05) is 76.7 Å². The SMILES string of the molecule is CC1(C)c2ccccc2-c2ccc(-n3c4ccccc4c4cc(-c5ccc6c7ccc(-c8ccc9c(c8)c8ccccc8n9-c8ccc9c(c8)C(C)(C)c8ccccc8-9)cc7n(-c7ccc(-c8nc(-c9ccccc9)nc9ccccc89)cc7)c6c5)ccc43)cc21. The van der Waals surface area contributed by atoms with E-state index >= 15 is 0 Å². The van der Waals surface area contributed by atoms with Gasteiger partial charge in [0.15, 0.2) is 5.82 Å². The first-order valence-corrected chi connectivity index (χ1v) is 31.7. The average molecular weight is 1160 g/mol. The molecule has 0 aliphatic heterocycles. The van der Waals surface area contributed by atoms with Crippen LogP contribution < -0.4 is 0 Å². The largest absolute Gasteiger partial charge is 0.309 e. The zero-order valence-corrected chi connectivity index (χ0v) is 50.9. The van der Waals surface area contributed by atoms with Gasteiger partial charge in [0.25, 0.3) is 0 Å². The molecule has 0 bridgehead atoms. The molecule has 17 aromatic rings. The molecule has 91 heavy (non-hydrogen) atoms. The molecule has 0 N–H and O–H groups in total. The molecule has 0 atom stereocenters. The van der Waals surface area contributed by atoms with Crippen LogP contribution in [0.1, 0.15) is 49.9 Å². The van der Waals surface area contributed by atoms with Crippen molar-refractivity contribution in [3.8, 4) is 84.2 Å². The monoisotopic (exact) mass is 1160 g/mol. The maximum atomic E-state index is 5.28. The smallest absolute Gasteiger partial charge is 0.160 e. The van der Waals surface area contributed by atoms with Gasteiger partial charge in [-0.25, -0.2) is 9.97 Å². The molecule has 0 spiro atoms. The van der Waals surface area contributed by atoms with E-state index in [9.17, 15) is 0 Å². The van der Waals surface area contributed by atoms with Crippen molar-refractivity contribution in [2.45, 2.75) is 38.5 Å². The molecule has 13 aromatic carbocycles. The van der Waals surface area contributed by atoms with Gasteiger partial charge in [-0.05, 0) is 158 Å². The molecule has 0 fully saturated rings. The lowest BCUT2D eigenvalue weighted by atomic mass is 9.82. The van der Waals surface area contributed by atoms with Crippen molar-refractivity contribution in [2.75, 3.05) is 0 Å². The predicted molar refractivity (Wildman–Crippen MR) is 379 cm³/mol. The van der Waals surface area contributed by atoms with Gasteiger partial charge in [-0.2, -0.15) is 0 Å². The second-order valence-electron chi connectivity index (χ2n) is 26.1. The fraction of sp³-hybridized carbons (Fsp3) is 0.0698. The van der Waals surface area contributed by atoms with E-state index in [0.717, 1.165) is 55.6 Å². The highest BCUT2D eigenvalue weighted by Gasteiger charge is 2.37. The number of para-hydroxylation sites is 3. The Hall–Kier alpha value is -11.4. The summed E-state index contributed by atoms with van der Waals surface area (Å²) < 4.78 is 7.41. The van der Waals surface area contributed by atoms with Crippen LogP contribution in [0.2, 0.25) is 0 Å². The minimum atomic E-state index is -0.107. The zero-order valence-electron chi connectivity index (χ0n) is 50.9. The molecular formula is C86H59N5. The van der Waals surface area contributed by atoms with Crippen LogP contribution in [0.5, 0.6) is 0 Å². The Morgan fingerprint density at radius 1 is 0.242 bits per heavy atom. The molecule has 2 aliphatic carbocycles. The van der Waals surface area contributed by atoms with E-state index in [4.69, 9.17) is 9.97 Å². The number of aromatic nitrogens is 5. The minimum absolute atomic E-state index is 0.107. The molecule has 0 amide bonds. The Morgan fingerprint density at radius 2 is 0.637 bits per heavy atom. The van der Waals surface area contributed by atoms with Gasteiger partial charge in [0.2, 0.25) is 0 Å². The molecule has 0 unspecified atom stereocenters. The summed E-state index contributed by atoms with van der Waals surface area (Å²) in [6.45, 7) is 9.46. The van der Waals surface area contributed by atoms with E-state index in [0.29, 0.717) is 5.82 Å². The fourth-order valence-electron chi connectivity index (χ4n) is 16.0. The van der Waals surface area contributed by atoms with Crippen LogP contribution >= 0.6 is 0 Å². The van der Waals surface area contributed by atoms with Gasteiger partial charge in [0.1, 0.15) is 0 Å². The van der Waals surface area contributed by atoms with Crippen LogP contribution in [0.4, 0.5) is 0 Å². The topological polar surface area (TPSA) is 40.6 Å². The number of nitrogens with zero attached hydrogens (tertiary/aromatic N) is 5. The molecule has 19 rings (SSSR count). The molecule has 0 radical (unpaired) electrons. The highest BCUT2D eigenvalue weighted by atomic mass is 15.0. The maximum absolute atomic E-state index is 5.28. The van der Waals surface area contributed by atoms with Gasteiger partial charge in [-0.1, -0.05) is 222 Å². The summed E-state index contributed by atoms with van der Waals surface area (Å²) in [6, 6.07) is 106. The highest BCUT2D eigenvalue weighted by molar-refractivity contribution is 6.14. The average Bonchev–Trinajstić information content (AvgIpc) is 2.30. The van der Waals surface area contributed by atoms with Crippen molar-refractivity contribution in [3.05, 3.63) is 307 Å². The Kier molecular flexibility index (Phi) is 10.8. The second-order valence-corrected chi connectivity index (χ2v) is 26.1. The summed E-state index contributed by atoms with van der Waals surface area (Å²) in [4.78, 5) is 10.3.